The number of hydrogen-bond acceptors (Lipinski definition) is 5. The van der Waals surface area contributed by atoms with E-state index in [-0.39, 0.29) is 6.17 Å². The highest BCUT2D eigenvalue weighted by Crippen LogP contribution is 2.40. The first kappa shape index (κ1) is 20.2. The molecule has 2 aromatic carbocycles. The number of fused-ring (bicyclic) bond motifs is 2. The number of para-hydroxylation sites is 1. The highest BCUT2D eigenvalue weighted by molar-refractivity contribution is 5.98. The zero-order valence-corrected chi connectivity index (χ0v) is 18.3. The Balaban J connectivity index is 1.35. The Hall–Kier alpha value is -2.70. The molecule has 2 heterocycles. The SMILES string of the molecule is Cc1ccc2c(c1)CN(C)CC(=N)N2C(N)C1CCC(c2noc3ccccc23)CC1. The number of hydrogen-bond donors (Lipinski definition) is 2. The number of likely N-dealkylation sites (N-methyl/N-ethyl adjacent to an activating group) is 1. The number of benzene rings is 2. The molecule has 0 spiro atoms. The van der Waals surface area contributed by atoms with Gasteiger partial charge in [-0.15, -0.1) is 0 Å². The summed E-state index contributed by atoms with van der Waals surface area (Å²) in [6, 6.07) is 14.6. The van der Waals surface area contributed by atoms with Gasteiger partial charge in [0, 0.05) is 23.5 Å². The third-order valence-corrected chi connectivity index (χ3v) is 6.99. The van der Waals surface area contributed by atoms with Gasteiger partial charge in [-0.05, 0) is 69.3 Å². The maximum absolute atomic E-state index is 8.78. The molecule has 31 heavy (non-hydrogen) atoms. The van der Waals surface area contributed by atoms with Crippen LogP contribution in [0.4, 0.5) is 5.69 Å². The third kappa shape index (κ3) is 3.75. The first-order chi connectivity index (χ1) is 15.0. The molecule has 2 aliphatic rings. The van der Waals surface area contributed by atoms with Crippen molar-refractivity contribution in [3.63, 3.8) is 0 Å². The molecule has 3 aromatic rings. The van der Waals surface area contributed by atoms with Crippen LogP contribution in [-0.2, 0) is 6.54 Å². The minimum atomic E-state index is -0.185. The fourth-order valence-corrected chi connectivity index (χ4v) is 5.39. The Morgan fingerprint density at radius 3 is 2.68 bits per heavy atom. The van der Waals surface area contributed by atoms with Crippen molar-refractivity contribution in [2.45, 2.75) is 51.2 Å². The molecule has 1 aromatic heterocycles. The van der Waals surface area contributed by atoms with E-state index in [1.54, 1.807) is 0 Å². The fraction of sp³-hybridized carbons (Fsp3) is 0.440. The van der Waals surface area contributed by atoms with E-state index >= 15 is 0 Å². The van der Waals surface area contributed by atoms with Gasteiger partial charge in [0.15, 0.2) is 5.58 Å². The molecule has 3 N–H and O–H groups in total. The van der Waals surface area contributed by atoms with E-state index in [4.69, 9.17) is 15.7 Å². The van der Waals surface area contributed by atoms with Crippen LogP contribution in [0, 0.1) is 18.3 Å². The Bertz CT molecular complexity index is 1100. The molecule has 1 atom stereocenters. The minimum absolute atomic E-state index is 0.185. The largest absolute Gasteiger partial charge is 0.356 e. The van der Waals surface area contributed by atoms with E-state index < -0.39 is 0 Å². The summed E-state index contributed by atoms with van der Waals surface area (Å²) >= 11 is 0. The number of aromatic nitrogens is 1. The van der Waals surface area contributed by atoms with Crippen molar-refractivity contribution in [1.29, 1.82) is 5.41 Å². The van der Waals surface area contributed by atoms with Gasteiger partial charge in [-0.25, -0.2) is 0 Å². The molecule has 0 bridgehead atoms. The van der Waals surface area contributed by atoms with Crippen molar-refractivity contribution in [2.24, 2.45) is 11.7 Å². The smallest absolute Gasteiger partial charge is 0.167 e. The van der Waals surface area contributed by atoms with Crippen molar-refractivity contribution in [1.82, 2.24) is 10.1 Å². The van der Waals surface area contributed by atoms with Gasteiger partial charge < -0.3 is 15.2 Å². The summed E-state index contributed by atoms with van der Waals surface area (Å²) in [5.41, 5.74) is 12.4. The number of amidine groups is 1. The average Bonchev–Trinajstić information content (AvgIpc) is 3.14. The van der Waals surface area contributed by atoms with Crippen LogP contribution in [0.3, 0.4) is 0 Å². The third-order valence-electron chi connectivity index (χ3n) is 6.99. The average molecular weight is 418 g/mol. The van der Waals surface area contributed by atoms with E-state index in [9.17, 15) is 0 Å². The number of nitrogens with two attached hydrogens (primary N) is 1. The first-order valence-electron chi connectivity index (χ1n) is 11.3. The van der Waals surface area contributed by atoms with Gasteiger partial charge in [0.1, 0.15) is 5.84 Å². The van der Waals surface area contributed by atoms with Gasteiger partial charge in [-0.3, -0.25) is 10.3 Å². The van der Waals surface area contributed by atoms with Crippen LogP contribution < -0.4 is 10.6 Å². The first-order valence-corrected chi connectivity index (χ1v) is 11.3. The van der Waals surface area contributed by atoms with Crippen LogP contribution in [0.2, 0.25) is 0 Å². The Labute approximate surface area is 183 Å². The van der Waals surface area contributed by atoms with Gasteiger partial charge in [0.05, 0.1) is 18.4 Å². The molecule has 0 saturated heterocycles. The molecule has 1 saturated carbocycles. The molecule has 162 valence electrons. The summed E-state index contributed by atoms with van der Waals surface area (Å²) in [5.74, 6) is 1.35. The zero-order valence-electron chi connectivity index (χ0n) is 18.3. The van der Waals surface area contributed by atoms with Gasteiger partial charge in [0.2, 0.25) is 0 Å². The van der Waals surface area contributed by atoms with Gasteiger partial charge in [-0.2, -0.15) is 0 Å². The topological polar surface area (TPSA) is 82.4 Å². The van der Waals surface area contributed by atoms with Gasteiger partial charge in [0.25, 0.3) is 0 Å². The molecule has 5 rings (SSSR count). The Morgan fingerprint density at radius 1 is 1.10 bits per heavy atom. The van der Waals surface area contributed by atoms with Gasteiger partial charge in [-0.1, -0.05) is 35.0 Å². The van der Waals surface area contributed by atoms with E-state index in [1.165, 1.54) is 11.1 Å². The van der Waals surface area contributed by atoms with E-state index in [0.717, 1.165) is 54.6 Å². The van der Waals surface area contributed by atoms with Gasteiger partial charge >= 0.3 is 0 Å². The van der Waals surface area contributed by atoms with Crippen LogP contribution in [0.15, 0.2) is 47.0 Å². The number of anilines is 1. The van der Waals surface area contributed by atoms with Crippen molar-refractivity contribution in [2.75, 3.05) is 18.5 Å². The van der Waals surface area contributed by atoms with E-state index in [1.807, 2.05) is 18.2 Å². The van der Waals surface area contributed by atoms with E-state index in [0.29, 0.717) is 24.2 Å². The van der Waals surface area contributed by atoms with Crippen LogP contribution in [0.1, 0.15) is 48.4 Å². The summed E-state index contributed by atoms with van der Waals surface area (Å²) in [6.07, 6.45) is 3.99. The number of nitrogens with one attached hydrogen (secondary N) is 1. The predicted molar refractivity (Wildman–Crippen MR) is 124 cm³/mol. The normalized spacial score (nSPS) is 23.6. The summed E-state index contributed by atoms with van der Waals surface area (Å²) in [4.78, 5) is 4.29. The molecule has 6 heteroatoms. The molecule has 1 aliphatic carbocycles. The summed E-state index contributed by atoms with van der Waals surface area (Å²) < 4.78 is 5.54. The summed E-state index contributed by atoms with van der Waals surface area (Å²) in [7, 11) is 2.07. The van der Waals surface area contributed by atoms with Crippen molar-refractivity contribution < 1.29 is 4.52 Å². The molecule has 6 nitrogen and oxygen atoms in total. The molecule has 1 unspecified atom stereocenters. The van der Waals surface area contributed by atoms with E-state index in [2.05, 4.69) is 53.2 Å². The number of nitrogens with zero attached hydrogens (tertiary/aromatic N) is 3. The summed E-state index contributed by atoms with van der Waals surface area (Å²) in [5, 5.41) is 14.3. The van der Waals surface area contributed by atoms with Crippen LogP contribution in [-0.4, -0.2) is 35.7 Å². The molecule has 1 fully saturated rings. The highest BCUT2D eigenvalue weighted by Gasteiger charge is 2.35. The van der Waals surface area contributed by atoms with Crippen LogP contribution in [0.5, 0.6) is 0 Å². The maximum Gasteiger partial charge on any atom is 0.167 e. The number of aryl methyl sites for hydroxylation is 1. The molecule has 0 radical (unpaired) electrons. The lowest BCUT2D eigenvalue weighted by molar-refractivity contribution is 0.278. The fourth-order valence-electron chi connectivity index (χ4n) is 5.39. The monoisotopic (exact) mass is 417 g/mol. The standard InChI is InChI=1S/C25H31N5O/c1-16-7-12-21-19(13-16)14-29(2)15-23(26)30(21)25(27)18-10-8-17(9-11-18)24-20-5-3-4-6-22(20)31-28-24/h3-7,12-13,17-18,25-26H,8-11,14-15,27H2,1-2H3. The molecular formula is C25H31N5O. The minimum Gasteiger partial charge on any atom is -0.356 e. The quantitative estimate of drug-likeness (QED) is 0.650. The number of rotatable bonds is 3. The van der Waals surface area contributed by atoms with Crippen molar-refractivity contribution >= 4 is 22.5 Å². The van der Waals surface area contributed by atoms with Crippen LogP contribution in [0.25, 0.3) is 11.0 Å². The lowest BCUT2D eigenvalue weighted by atomic mass is 9.78. The second-order valence-electron chi connectivity index (χ2n) is 9.29. The molecule has 0 amide bonds. The maximum atomic E-state index is 8.78. The Kier molecular flexibility index (Phi) is 5.28. The van der Waals surface area contributed by atoms with Crippen LogP contribution >= 0.6 is 0 Å². The predicted octanol–water partition coefficient (Wildman–Crippen LogP) is 4.62. The van der Waals surface area contributed by atoms with Crippen molar-refractivity contribution in [3.8, 4) is 0 Å². The zero-order chi connectivity index (χ0) is 21.5. The highest BCUT2D eigenvalue weighted by atomic mass is 16.5. The lowest BCUT2D eigenvalue weighted by Crippen LogP contribution is -2.52. The Morgan fingerprint density at radius 2 is 1.87 bits per heavy atom. The second-order valence-corrected chi connectivity index (χ2v) is 9.29. The molecule has 1 aliphatic heterocycles. The van der Waals surface area contributed by atoms with Crippen molar-refractivity contribution in [3.05, 3.63) is 59.3 Å². The second kappa shape index (κ2) is 8.09. The molecular weight excluding hydrogens is 386 g/mol. The lowest BCUT2D eigenvalue weighted by Gasteiger charge is -2.39. The summed E-state index contributed by atoms with van der Waals surface area (Å²) in [6.45, 7) is 3.58.